The van der Waals surface area contributed by atoms with Crippen LogP contribution in [0.25, 0.3) is 0 Å². The Labute approximate surface area is 136 Å². The number of carboxylic acid groups (broad SMARTS) is 1. The van der Waals surface area contributed by atoms with Crippen molar-refractivity contribution in [2.75, 3.05) is 5.75 Å². The Morgan fingerprint density at radius 1 is 1.52 bits per heavy atom. The number of rotatable bonds is 6. The summed E-state index contributed by atoms with van der Waals surface area (Å²) >= 11 is 1.40. The van der Waals surface area contributed by atoms with E-state index >= 15 is 0 Å². The number of aromatic nitrogens is 4. The van der Waals surface area contributed by atoms with Gasteiger partial charge in [0, 0.05) is 17.1 Å². The predicted molar refractivity (Wildman–Crippen MR) is 80.1 cm³/mol. The Hall–Kier alpha value is -1.94. The smallest absolute Gasteiger partial charge is 0.353 e. The highest BCUT2D eigenvalue weighted by Crippen LogP contribution is 2.46. The Bertz CT molecular complexity index is 686. The molecule has 0 aromatic carbocycles. The second kappa shape index (κ2) is 5.93. The molecular weight excluding hydrogens is 322 g/mol. The highest BCUT2D eigenvalue weighted by atomic mass is 32.2. The lowest BCUT2D eigenvalue weighted by Gasteiger charge is -2.44. The summed E-state index contributed by atoms with van der Waals surface area (Å²) in [6.07, 6.45) is -0.297. The number of carbonyl (C=O) groups excluding carboxylic acids is 1. The zero-order valence-electron chi connectivity index (χ0n) is 12.7. The van der Waals surface area contributed by atoms with E-state index in [0.29, 0.717) is 29.4 Å². The number of amides is 1. The zero-order valence-corrected chi connectivity index (χ0v) is 13.5. The first kappa shape index (κ1) is 15.9. The zero-order chi connectivity index (χ0) is 16.7. The van der Waals surface area contributed by atoms with Gasteiger partial charge in [0.05, 0.1) is 24.6 Å². The van der Waals surface area contributed by atoms with E-state index in [-0.39, 0.29) is 17.6 Å². The summed E-state index contributed by atoms with van der Waals surface area (Å²) < 4.78 is 1.64. The SMILES string of the molecule is Cc1nnnn1CCSC1=C(C(=O)O)N2C(=O)[C@H]([C@H](C)O)[C@H]2C1. The minimum Gasteiger partial charge on any atom is -0.477 e. The summed E-state index contributed by atoms with van der Waals surface area (Å²) in [7, 11) is 0. The van der Waals surface area contributed by atoms with E-state index < -0.39 is 18.0 Å². The topological polar surface area (TPSA) is 121 Å². The normalized spacial score (nSPS) is 24.7. The number of aliphatic carboxylic acids is 1. The minimum absolute atomic E-state index is 0.0512. The number of tetrazole rings is 1. The molecule has 0 spiro atoms. The van der Waals surface area contributed by atoms with Crippen molar-refractivity contribution >= 4 is 23.6 Å². The largest absolute Gasteiger partial charge is 0.477 e. The molecule has 0 aliphatic carbocycles. The fraction of sp³-hybridized carbons (Fsp3) is 0.615. The molecule has 10 heteroatoms. The summed E-state index contributed by atoms with van der Waals surface area (Å²) in [6.45, 7) is 3.91. The maximum absolute atomic E-state index is 12.1. The van der Waals surface area contributed by atoms with Crippen LogP contribution < -0.4 is 0 Å². The van der Waals surface area contributed by atoms with Crippen molar-refractivity contribution in [2.24, 2.45) is 5.92 Å². The molecule has 3 atom stereocenters. The van der Waals surface area contributed by atoms with Gasteiger partial charge in [-0.15, -0.1) is 16.9 Å². The van der Waals surface area contributed by atoms with Crippen molar-refractivity contribution in [3.63, 3.8) is 0 Å². The van der Waals surface area contributed by atoms with Gasteiger partial charge in [0.15, 0.2) is 0 Å². The van der Waals surface area contributed by atoms with Crippen LogP contribution in [-0.2, 0) is 16.1 Å². The van der Waals surface area contributed by atoms with Gasteiger partial charge in [-0.25, -0.2) is 9.48 Å². The van der Waals surface area contributed by atoms with E-state index in [2.05, 4.69) is 15.5 Å². The van der Waals surface area contributed by atoms with Crippen LogP contribution in [0.15, 0.2) is 10.6 Å². The molecule has 3 rings (SSSR count). The van der Waals surface area contributed by atoms with Crippen molar-refractivity contribution < 1.29 is 19.8 Å². The van der Waals surface area contributed by atoms with Gasteiger partial charge in [0.1, 0.15) is 11.5 Å². The number of aliphatic hydroxyl groups is 1. The maximum Gasteiger partial charge on any atom is 0.353 e. The number of fused-ring (bicyclic) bond motifs is 1. The van der Waals surface area contributed by atoms with Gasteiger partial charge in [-0.3, -0.25) is 4.79 Å². The Morgan fingerprint density at radius 2 is 2.26 bits per heavy atom. The van der Waals surface area contributed by atoms with Crippen LogP contribution in [0.1, 0.15) is 19.2 Å². The number of thioether (sulfide) groups is 1. The first-order chi connectivity index (χ1) is 10.9. The first-order valence-corrected chi connectivity index (χ1v) is 8.23. The molecule has 2 aliphatic heterocycles. The number of hydrogen-bond donors (Lipinski definition) is 2. The summed E-state index contributed by atoms with van der Waals surface area (Å²) in [4.78, 5) is 25.6. The number of aryl methyl sites for hydroxylation is 2. The highest BCUT2D eigenvalue weighted by Gasteiger charge is 2.56. The fourth-order valence-electron chi connectivity index (χ4n) is 3.07. The Balaban J connectivity index is 1.70. The maximum atomic E-state index is 12.1. The Kier molecular flexibility index (Phi) is 4.11. The van der Waals surface area contributed by atoms with Crippen molar-refractivity contribution in [1.82, 2.24) is 25.1 Å². The van der Waals surface area contributed by atoms with Gasteiger partial charge in [-0.05, 0) is 24.3 Å². The molecule has 1 fully saturated rings. The number of carbonyl (C=O) groups is 2. The molecule has 23 heavy (non-hydrogen) atoms. The second-order valence-electron chi connectivity index (χ2n) is 5.62. The van der Waals surface area contributed by atoms with Crippen LogP contribution in [0, 0.1) is 12.8 Å². The van der Waals surface area contributed by atoms with Crippen molar-refractivity contribution in [2.45, 2.75) is 39.0 Å². The van der Waals surface area contributed by atoms with E-state index in [1.807, 2.05) is 0 Å². The van der Waals surface area contributed by atoms with Crippen molar-refractivity contribution in [3.05, 3.63) is 16.4 Å². The lowest BCUT2D eigenvalue weighted by atomic mass is 9.83. The molecule has 0 radical (unpaired) electrons. The van der Waals surface area contributed by atoms with E-state index in [1.165, 1.54) is 16.7 Å². The molecule has 1 aromatic rings. The third kappa shape index (κ3) is 2.61. The number of aliphatic hydroxyl groups excluding tert-OH is 1. The molecule has 0 unspecified atom stereocenters. The van der Waals surface area contributed by atoms with Crippen LogP contribution in [0.4, 0.5) is 0 Å². The number of nitrogens with zero attached hydrogens (tertiary/aromatic N) is 5. The van der Waals surface area contributed by atoms with E-state index in [4.69, 9.17) is 0 Å². The van der Waals surface area contributed by atoms with Crippen LogP contribution in [0.5, 0.6) is 0 Å². The third-order valence-electron chi connectivity index (χ3n) is 4.18. The van der Waals surface area contributed by atoms with Crippen LogP contribution in [0.3, 0.4) is 0 Å². The number of β-lactam (4-membered cyclic amide) rings is 1. The van der Waals surface area contributed by atoms with Crippen LogP contribution >= 0.6 is 11.8 Å². The van der Waals surface area contributed by atoms with E-state index in [1.54, 1.807) is 18.5 Å². The Morgan fingerprint density at radius 3 is 2.83 bits per heavy atom. The highest BCUT2D eigenvalue weighted by molar-refractivity contribution is 8.03. The summed E-state index contributed by atoms with van der Waals surface area (Å²) in [5.74, 6) is -0.631. The van der Waals surface area contributed by atoms with E-state index in [0.717, 1.165) is 0 Å². The number of hydrogen-bond acceptors (Lipinski definition) is 7. The molecule has 1 saturated heterocycles. The standard InChI is InChI=1S/C13H17N5O4S/c1-6(19)10-8-5-9(11(13(21)22)18(8)12(10)20)23-4-3-17-7(2)14-15-16-17/h6,8,10,19H,3-5H2,1-2H3,(H,21,22)/t6-,8+,10+/m0/s1. The van der Waals surface area contributed by atoms with Crippen LogP contribution in [0.2, 0.25) is 0 Å². The minimum atomic E-state index is -1.11. The summed E-state index contributed by atoms with van der Waals surface area (Å²) in [5.41, 5.74) is 0.0512. The lowest BCUT2D eigenvalue weighted by molar-refractivity contribution is -0.161. The molecule has 3 heterocycles. The third-order valence-corrected chi connectivity index (χ3v) is 5.28. The molecule has 2 N–H and O–H groups in total. The van der Waals surface area contributed by atoms with Crippen LogP contribution in [-0.4, -0.2) is 65.1 Å². The van der Waals surface area contributed by atoms with Gasteiger partial charge >= 0.3 is 5.97 Å². The quantitative estimate of drug-likeness (QED) is 0.673. The second-order valence-corrected chi connectivity index (χ2v) is 6.81. The van der Waals surface area contributed by atoms with Gasteiger partial charge in [-0.1, -0.05) is 0 Å². The molecule has 124 valence electrons. The molecule has 0 saturated carbocycles. The number of carboxylic acids is 1. The lowest BCUT2D eigenvalue weighted by Crippen LogP contribution is -2.61. The molecule has 0 bridgehead atoms. The van der Waals surface area contributed by atoms with Gasteiger partial charge in [0.25, 0.3) is 0 Å². The van der Waals surface area contributed by atoms with Gasteiger partial charge in [-0.2, -0.15) is 0 Å². The van der Waals surface area contributed by atoms with Crippen molar-refractivity contribution in [1.29, 1.82) is 0 Å². The van der Waals surface area contributed by atoms with Gasteiger partial charge in [0.2, 0.25) is 5.91 Å². The molecule has 9 nitrogen and oxygen atoms in total. The fourth-order valence-corrected chi connectivity index (χ4v) is 4.19. The molecule has 2 aliphatic rings. The first-order valence-electron chi connectivity index (χ1n) is 7.25. The summed E-state index contributed by atoms with van der Waals surface area (Å²) in [6, 6.07) is -0.245. The predicted octanol–water partition coefficient (Wildman–Crippen LogP) is -0.378. The molecule has 1 amide bonds. The average molecular weight is 339 g/mol. The monoisotopic (exact) mass is 339 g/mol. The molecule has 1 aromatic heterocycles. The molecular formula is C13H17N5O4S. The average Bonchev–Trinajstić information content (AvgIpc) is 3.01. The van der Waals surface area contributed by atoms with E-state index in [9.17, 15) is 19.8 Å². The summed E-state index contributed by atoms with van der Waals surface area (Å²) in [5, 5.41) is 30.3. The van der Waals surface area contributed by atoms with Gasteiger partial charge < -0.3 is 15.1 Å². The van der Waals surface area contributed by atoms with Crippen molar-refractivity contribution in [3.8, 4) is 0 Å².